The second-order valence-electron chi connectivity index (χ2n) is 10.6. The number of ether oxygens (including phenoxy) is 4. The molecule has 2 aliphatic heterocycles. The molecule has 0 amide bonds. The Balaban J connectivity index is 1.58. The molecule has 2 saturated heterocycles. The van der Waals surface area contributed by atoms with Crippen LogP contribution in [0.15, 0.2) is 36.5 Å². The smallest absolute Gasteiger partial charge is 0.345 e. The van der Waals surface area contributed by atoms with E-state index in [1.165, 1.54) is 0 Å². The molecule has 2 aliphatic carbocycles. The molecule has 12 heteroatoms. The third kappa shape index (κ3) is 4.64. The summed E-state index contributed by atoms with van der Waals surface area (Å²) in [5, 5.41) is 50.3. The topological polar surface area (TPSA) is 189 Å². The molecule has 12 unspecified atom stereocenters. The highest BCUT2D eigenvalue weighted by Crippen LogP contribution is 2.53. The van der Waals surface area contributed by atoms with Crippen molar-refractivity contribution in [2.24, 2.45) is 17.8 Å². The monoisotopic (exact) mass is 538 g/mol. The number of esters is 2. The van der Waals surface area contributed by atoms with Gasteiger partial charge in [0.25, 0.3) is 0 Å². The van der Waals surface area contributed by atoms with Crippen LogP contribution in [-0.2, 0) is 33.3 Å². The summed E-state index contributed by atoms with van der Waals surface area (Å²) in [4.78, 5) is 37.0. The van der Waals surface area contributed by atoms with Crippen molar-refractivity contribution in [1.29, 1.82) is 0 Å². The van der Waals surface area contributed by atoms with Crippen molar-refractivity contribution in [3.8, 4) is 0 Å². The van der Waals surface area contributed by atoms with Gasteiger partial charge in [0.1, 0.15) is 36.6 Å². The van der Waals surface area contributed by atoms with Gasteiger partial charge in [-0.25, -0.2) is 9.59 Å². The van der Waals surface area contributed by atoms with E-state index in [-0.39, 0.29) is 24.3 Å². The molecule has 0 aromatic rings. The lowest BCUT2D eigenvalue weighted by molar-refractivity contribution is -0.308. The summed E-state index contributed by atoms with van der Waals surface area (Å²) < 4.78 is 22.6. The van der Waals surface area contributed by atoms with E-state index >= 15 is 0 Å². The predicted octanol–water partition coefficient (Wildman–Crippen LogP) is -1.33. The Morgan fingerprint density at radius 1 is 1.11 bits per heavy atom. The van der Waals surface area contributed by atoms with Crippen molar-refractivity contribution >= 4 is 17.7 Å². The van der Waals surface area contributed by atoms with Crippen LogP contribution in [0.2, 0.25) is 0 Å². The number of hydrogen-bond donors (Lipinski definition) is 5. The van der Waals surface area contributed by atoms with Crippen LogP contribution in [0.25, 0.3) is 0 Å². The Kier molecular flexibility index (Phi) is 7.71. The molecule has 2 saturated carbocycles. The first-order valence-corrected chi connectivity index (χ1v) is 12.4. The first-order valence-electron chi connectivity index (χ1n) is 12.4. The fourth-order valence-corrected chi connectivity index (χ4v) is 5.73. The van der Waals surface area contributed by atoms with Crippen molar-refractivity contribution < 1.29 is 58.9 Å². The van der Waals surface area contributed by atoms with Gasteiger partial charge in [0.15, 0.2) is 12.1 Å². The largest absolute Gasteiger partial charge is 0.459 e. The second-order valence-corrected chi connectivity index (χ2v) is 10.6. The summed E-state index contributed by atoms with van der Waals surface area (Å²) >= 11 is 0. The highest BCUT2D eigenvalue weighted by Gasteiger charge is 2.58. The minimum Gasteiger partial charge on any atom is -0.459 e. The van der Waals surface area contributed by atoms with Gasteiger partial charge >= 0.3 is 11.9 Å². The number of hydrogen-bond acceptors (Lipinski definition) is 12. The van der Waals surface area contributed by atoms with Crippen LogP contribution in [0.5, 0.6) is 0 Å². The molecule has 12 nitrogen and oxygen atoms in total. The van der Waals surface area contributed by atoms with Gasteiger partial charge in [-0.1, -0.05) is 25.3 Å². The van der Waals surface area contributed by atoms with Gasteiger partial charge in [0, 0.05) is 17.9 Å². The molecule has 38 heavy (non-hydrogen) atoms. The van der Waals surface area contributed by atoms with E-state index in [2.05, 4.69) is 19.7 Å². The van der Waals surface area contributed by atoms with Gasteiger partial charge in [0.05, 0.1) is 18.6 Å². The molecular weight excluding hydrogens is 504 g/mol. The molecule has 4 aliphatic rings. The van der Waals surface area contributed by atoms with Gasteiger partial charge in [-0.05, 0) is 31.8 Å². The van der Waals surface area contributed by atoms with Crippen molar-refractivity contribution in [3.05, 3.63) is 36.5 Å². The molecule has 5 N–H and O–H groups in total. The molecule has 4 rings (SSSR count). The second kappa shape index (κ2) is 10.3. The molecular formula is C26H34O12. The molecule has 0 aromatic carbocycles. The van der Waals surface area contributed by atoms with Gasteiger partial charge in [-0.3, -0.25) is 4.79 Å². The van der Waals surface area contributed by atoms with Crippen molar-refractivity contribution in [1.82, 2.24) is 0 Å². The molecule has 12 atom stereocenters. The Morgan fingerprint density at radius 3 is 2.37 bits per heavy atom. The zero-order valence-corrected chi connectivity index (χ0v) is 21.2. The standard InChI is InChI=1S/C26H34O12/c1-9-6-15(37-25(33)26(5,34)12(4)28)18-11(3)23(32)38-22(18)17-10(2)14(7-13(9)17)35-24-21(31)20(30)19(29)16(8-27)36-24/h13-22,24,27,29-31,34H,1-3,6-8H2,4-5H3. The SMILES string of the molecule is C=C1CC(OC(=O)C(C)(O)C(C)=O)C2C(=C)C(=O)OC2C2C(=C)C(OC3OC(CO)C(O)C(O)C3O)CC12. The number of aliphatic hydroxyl groups excluding tert-OH is 4. The van der Waals surface area contributed by atoms with Crippen molar-refractivity contribution in [3.63, 3.8) is 0 Å². The lowest BCUT2D eigenvalue weighted by Gasteiger charge is -2.40. The lowest BCUT2D eigenvalue weighted by Crippen LogP contribution is -2.59. The number of rotatable bonds is 6. The normalized spacial score (nSPS) is 42.6. The summed E-state index contributed by atoms with van der Waals surface area (Å²) in [6.45, 7) is 13.6. The molecule has 0 spiro atoms. The maximum absolute atomic E-state index is 12.7. The fraction of sp³-hybridized carbons (Fsp3) is 0.654. The lowest BCUT2D eigenvalue weighted by atomic mass is 9.81. The van der Waals surface area contributed by atoms with E-state index < -0.39 is 90.8 Å². The maximum Gasteiger partial charge on any atom is 0.345 e. The number of fused-ring (bicyclic) bond motifs is 3. The van der Waals surface area contributed by atoms with Crippen LogP contribution in [0.4, 0.5) is 0 Å². The Bertz CT molecular complexity index is 1050. The van der Waals surface area contributed by atoms with Crippen LogP contribution in [-0.4, -0.2) is 104 Å². The summed E-state index contributed by atoms with van der Waals surface area (Å²) in [5.41, 5.74) is -1.21. The van der Waals surface area contributed by atoms with Crippen LogP contribution >= 0.6 is 0 Å². The molecule has 210 valence electrons. The number of aliphatic hydroxyl groups is 5. The van der Waals surface area contributed by atoms with E-state index in [1.54, 1.807) is 0 Å². The van der Waals surface area contributed by atoms with Gasteiger partial charge in [0.2, 0.25) is 5.60 Å². The quantitative estimate of drug-likeness (QED) is 0.116. The van der Waals surface area contributed by atoms with Crippen LogP contribution in [0, 0.1) is 17.8 Å². The number of carbonyl (C=O) groups excluding carboxylic acids is 3. The molecule has 0 bridgehead atoms. The zero-order valence-electron chi connectivity index (χ0n) is 21.2. The summed E-state index contributed by atoms with van der Waals surface area (Å²) in [6.07, 6.45) is -9.55. The predicted molar refractivity (Wildman–Crippen MR) is 127 cm³/mol. The highest BCUT2D eigenvalue weighted by atomic mass is 16.7. The summed E-state index contributed by atoms with van der Waals surface area (Å²) in [7, 11) is 0. The van der Waals surface area contributed by atoms with Crippen molar-refractivity contribution in [2.45, 2.75) is 81.3 Å². The van der Waals surface area contributed by atoms with E-state index in [0.717, 1.165) is 13.8 Å². The third-order valence-corrected chi connectivity index (χ3v) is 8.24. The van der Waals surface area contributed by atoms with Crippen LogP contribution < -0.4 is 0 Å². The Hall–Kier alpha value is -2.45. The van der Waals surface area contributed by atoms with Gasteiger partial charge in [-0.15, -0.1) is 0 Å². The van der Waals surface area contributed by atoms with Crippen LogP contribution in [0.3, 0.4) is 0 Å². The zero-order chi connectivity index (χ0) is 28.3. The summed E-state index contributed by atoms with van der Waals surface area (Å²) in [6, 6.07) is 0. The molecule has 0 radical (unpaired) electrons. The molecule has 2 heterocycles. The number of ketones is 1. The summed E-state index contributed by atoms with van der Waals surface area (Å²) in [5.74, 6) is -4.37. The fourth-order valence-electron chi connectivity index (χ4n) is 5.73. The first-order chi connectivity index (χ1) is 17.7. The van der Waals surface area contributed by atoms with E-state index in [1.807, 2.05) is 0 Å². The molecule has 4 fully saturated rings. The third-order valence-electron chi connectivity index (χ3n) is 8.24. The van der Waals surface area contributed by atoms with E-state index in [0.29, 0.717) is 11.1 Å². The minimum absolute atomic E-state index is 0.0646. The van der Waals surface area contributed by atoms with E-state index in [9.17, 15) is 39.9 Å². The average molecular weight is 539 g/mol. The maximum atomic E-state index is 12.7. The minimum atomic E-state index is -2.38. The number of Topliss-reactive ketones (excluding diaryl/α,β-unsaturated/α-hetero) is 1. The molecule has 0 aromatic heterocycles. The average Bonchev–Trinajstić information content (AvgIpc) is 3.29. The highest BCUT2D eigenvalue weighted by molar-refractivity contribution is 6.05. The van der Waals surface area contributed by atoms with Gasteiger partial charge in [-0.2, -0.15) is 0 Å². The van der Waals surface area contributed by atoms with Crippen LogP contribution in [0.1, 0.15) is 26.7 Å². The number of carbonyl (C=O) groups is 3. The first kappa shape index (κ1) is 28.6. The Morgan fingerprint density at radius 2 is 1.76 bits per heavy atom. The van der Waals surface area contributed by atoms with Gasteiger partial charge < -0.3 is 44.5 Å². The Labute approximate surface area is 219 Å². The van der Waals surface area contributed by atoms with Crippen molar-refractivity contribution in [2.75, 3.05) is 6.61 Å². The van der Waals surface area contributed by atoms with E-state index in [4.69, 9.17) is 18.9 Å².